The number of rotatable bonds is 5. The second-order valence-corrected chi connectivity index (χ2v) is 6.63. The van der Waals surface area contributed by atoms with E-state index in [1.54, 1.807) is 4.90 Å². The topological polar surface area (TPSA) is 81.7 Å². The number of hydrogen-bond acceptors (Lipinski definition) is 4. The zero-order valence-corrected chi connectivity index (χ0v) is 14.3. The molecule has 2 amide bonds. The van der Waals surface area contributed by atoms with Crippen LogP contribution in [0.15, 0.2) is 41.7 Å². The predicted octanol–water partition coefficient (Wildman–Crippen LogP) is 1.49. The van der Waals surface area contributed by atoms with Crippen molar-refractivity contribution >= 4 is 11.8 Å². The van der Waals surface area contributed by atoms with E-state index in [-0.39, 0.29) is 23.6 Å². The van der Waals surface area contributed by atoms with E-state index in [1.807, 2.05) is 30.3 Å². The second kappa shape index (κ2) is 8.16. The van der Waals surface area contributed by atoms with Crippen LogP contribution < -0.4 is 10.6 Å². The van der Waals surface area contributed by atoms with Crippen molar-refractivity contribution in [1.29, 1.82) is 0 Å². The Labute approximate surface area is 147 Å². The molecule has 0 spiro atoms. The van der Waals surface area contributed by atoms with Gasteiger partial charge in [0.2, 0.25) is 5.91 Å². The third kappa shape index (κ3) is 4.39. The Morgan fingerprint density at radius 2 is 2.00 bits per heavy atom. The number of carbonyl (C=O) groups is 2. The molecule has 3 rings (SSSR count). The Bertz CT molecular complexity index is 657. The van der Waals surface area contributed by atoms with Crippen LogP contribution in [-0.4, -0.2) is 47.5 Å². The normalized spacial score (nSPS) is 21.9. The van der Waals surface area contributed by atoms with Gasteiger partial charge in [-0.3, -0.25) is 9.59 Å². The summed E-state index contributed by atoms with van der Waals surface area (Å²) in [6, 6.07) is 9.50. The van der Waals surface area contributed by atoms with E-state index in [9.17, 15) is 14.7 Å². The minimum atomic E-state index is -0.336. The van der Waals surface area contributed by atoms with Gasteiger partial charge in [-0.1, -0.05) is 30.3 Å². The van der Waals surface area contributed by atoms with Gasteiger partial charge in [0.15, 0.2) is 5.76 Å². The molecule has 0 aromatic heterocycles. The lowest BCUT2D eigenvalue weighted by atomic mass is 10.0. The maximum Gasteiger partial charge on any atom is 0.288 e. The van der Waals surface area contributed by atoms with Crippen molar-refractivity contribution < 1.29 is 14.7 Å². The van der Waals surface area contributed by atoms with Gasteiger partial charge < -0.3 is 20.6 Å². The molecular weight excluding hydrogens is 318 g/mol. The zero-order chi connectivity index (χ0) is 17.6. The lowest BCUT2D eigenvalue weighted by molar-refractivity contribution is -0.131. The molecule has 1 aromatic rings. The van der Waals surface area contributed by atoms with Gasteiger partial charge in [-0.2, -0.15) is 0 Å². The molecule has 1 fully saturated rings. The molecule has 3 N–H and O–H groups in total. The van der Waals surface area contributed by atoms with E-state index in [4.69, 9.17) is 0 Å². The smallest absolute Gasteiger partial charge is 0.288 e. The highest BCUT2D eigenvalue weighted by Gasteiger charge is 2.28. The molecule has 1 unspecified atom stereocenters. The molecule has 1 aromatic carbocycles. The monoisotopic (exact) mass is 343 g/mol. The van der Waals surface area contributed by atoms with Crippen LogP contribution in [0.2, 0.25) is 0 Å². The number of amides is 2. The van der Waals surface area contributed by atoms with Crippen LogP contribution in [0, 0.1) is 0 Å². The summed E-state index contributed by atoms with van der Waals surface area (Å²) >= 11 is 0. The first-order chi connectivity index (χ1) is 12.1. The number of carbonyl (C=O) groups excluding carboxylic acids is 2. The zero-order valence-electron chi connectivity index (χ0n) is 14.3. The van der Waals surface area contributed by atoms with Crippen LogP contribution in [0.3, 0.4) is 0 Å². The van der Waals surface area contributed by atoms with Gasteiger partial charge in [-0.15, -0.1) is 0 Å². The summed E-state index contributed by atoms with van der Waals surface area (Å²) in [4.78, 5) is 26.0. The molecule has 6 nitrogen and oxygen atoms in total. The van der Waals surface area contributed by atoms with E-state index in [0.717, 1.165) is 31.4 Å². The summed E-state index contributed by atoms with van der Waals surface area (Å²) in [6.07, 6.45) is 3.38. The summed E-state index contributed by atoms with van der Waals surface area (Å²) < 4.78 is 0. The molecule has 1 atom stereocenters. The van der Waals surface area contributed by atoms with Crippen molar-refractivity contribution in [2.45, 2.75) is 38.3 Å². The summed E-state index contributed by atoms with van der Waals surface area (Å²) in [7, 11) is 0. The lowest BCUT2D eigenvalue weighted by Gasteiger charge is -2.29. The third-order valence-electron chi connectivity index (χ3n) is 4.82. The van der Waals surface area contributed by atoms with Gasteiger partial charge in [0.05, 0.1) is 6.04 Å². The van der Waals surface area contributed by atoms with Gasteiger partial charge in [0.25, 0.3) is 5.91 Å². The molecule has 2 aliphatic rings. The fraction of sp³-hybridized carbons (Fsp3) is 0.474. The highest BCUT2D eigenvalue weighted by Crippen LogP contribution is 2.19. The Balaban J connectivity index is 1.59. The minimum absolute atomic E-state index is 0.00503. The molecule has 134 valence electrons. The predicted molar refractivity (Wildman–Crippen MR) is 94.8 cm³/mol. The van der Waals surface area contributed by atoms with Crippen molar-refractivity contribution in [2.75, 3.05) is 19.6 Å². The summed E-state index contributed by atoms with van der Waals surface area (Å²) in [6.45, 7) is 2.16. The quantitative estimate of drug-likeness (QED) is 0.757. The summed E-state index contributed by atoms with van der Waals surface area (Å²) in [5, 5.41) is 16.4. The molecule has 0 aliphatic carbocycles. The number of hydrogen-bond donors (Lipinski definition) is 3. The minimum Gasteiger partial charge on any atom is -0.503 e. The lowest BCUT2D eigenvalue weighted by Crippen LogP contribution is -2.45. The molecule has 0 radical (unpaired) electrons. The van der Waals surface area contributed by atoms with Crippen LogP contribution >= 0.6 is 0 Å². The van der Waals surface area contributed by atoms with Crippen molar-refractivity contribution in [1.82, 2.24) is 15.5 Å². The third-order valence-corrected chi connectivity index (χ3v) is 4.82. The summed E-state index contributed by atoms with van der Waals surface area (Å²) in [5.74, 6) is -0.508. The Morgan fingerprint density at radius 1 is 1.20 bits per heavy atom. The van der Waals surface area contributed by atoms with Gasteiger partial charge in [-0.05, 0) is 36.8 Å². The first kappa shape index (κ1) is 17.5. The van der Waals surface area contributed by atoms with E-state index in [2.05, 4.69) is 10.6 Å². The van der Waals surface area contributed by atoms with Crippen LogP contribution in [0.1, 0.15) is 31.2 Å². The van der Waals surface area contributed by atoms with E-state index >= 15 is 0 Å². The van der Waals surface area contributed by atoms with Crippen molar-refractivity contribution in [3.05, 3.63) is 47.2 Å². The largest absolute Gasteiger partial charge is 0.503 e. The van der Waals surface area contributed by atoms with Gasteiger partial charge in [0.1, 0.15) is 0 Å². The number of aliphatic hydroxyl groups is 1. The Kier molecular flexibility index (Phi) is 5.71. The van der Waals surface area contributed by atoms with E-state index in [1.165, 1.54) is 0 Å². The second-order valence-electron chi connectivity index (χ2n) is 6.63. The summed E-state index contributed by atoms with van der Waals surface area (Å²) in [5.41, 5.74) is 1.73. The Hall–Kier alpha value is -2.34. The molecule has 0 bridgehead atoms. The fourth-order valence-electron chi connectivity index (χ4n) is 3.30. The number of nitrogens with one attached hydrogen (secondary N) is 2. The standard InChI is InChI=1S/C19H25N3O3/c23-17-15(12-21-16-8-4-5-10-20-18(16)24)9-11-22(19(17)25)13-14-6-2-1-3-7-14/h1-3,6-7,16,21,23H,4-5,8-13H2,(H,20,24). The van der Waals surface area contributed by atoms with Crippen LogP contribution in [-0.2, 0) is 16.1 Å². The molecule has 2 heterocycles. The highest BCUT2D eigenvalue weighted by atomic mass is 16.3. The number of benzene rings is 1. The average Bonchev–Trinajstić information content (AvgIpc) is 2.83. The van der Waals surface area contributed by atoms with E-state index in [0.29, 0.717) is 31.6 Å². The molecule has 25 heavy (non-hydrogen) atoms. The maximum atomic E-state index is 12.4. The van der Waals surface area contributed by atoms with Crippen molar-refractivity contribution in [2.24, 2.45) is 0 Å². The van der Waals surface area contributed by atoms with Crippen molar-refractivity contribution in [3.8, 4) is 0 Å². The SMILES string of the molecule is O=C1NCCCCC1NCC1=C(O)C(=O)N(Cc2ccccc2)CC1. The van der Waals surface area contributed by atoms with Gasteiger partial charge >= 0.3 is 0 Å². The molecule has 2 aliphatic heterocycles. The van der Waals surface area contributed by atoms with Crippen LogP contribution in [0.4, 0.5) is 0 Å². The molecular formula is C19H25N3O3. The number of aliphatic hydroxyl groups excluding tert-OH is 1. The highest BCUT2D eigenvalue weighted by molar-refractivity contribution is 5.92. The van der Waals surface area contributed by atoms with Crippen LogP contribution in [0.5, 0.6) is 0 Å². The molecule has 6 heteroatoms. The van der Waals surface area contributed by atoms with Gasteiger partial charge in [0, 0.05) is 26.2 Å². The maximum absolute atomic E-state index is 12.4. The van der Waals surface area contributed by atoms with Gasteiger partial charge in [-0.25, -0.2) is 0 Å². The average molecular weight is 343 g/mol. The van der Waals surface area contributed by atoms with Crippen LogP contribution in [0.25, 0.3) is 0 Å². The fourth-order valence-corrected chi connectivity index (χ4v) is 3.30. The first-order valence-corrected chi connectivity index (χ1v) is 8.90. The number of nitrogens with zero attached hydrogens (tertiary/aromatic N) is 1. The molecule has 1 saturated heterocycles. The van der Waals surface area contributed by atoms with Crippen molar-refractivity contribution in [3.63, 3.8) is 0 Å². The van der Waals surface area contributed by atoms with E-state index < -0.39 is 0 Å². The molecule has 0 saturated carbocycles. The Morgan fingerprint density at radius 3 is 2.80 bits per heavy atom. The first-order valence-electron chi connectivity index (χ1n) is 8.90.